The van der Waals surface area contributed by atoms with E-state index in [0.29, 0.717) is 11.6 Å². The van der Waals surface area contributed by atoms with Crippen LogP contribution in [0.4, 0.5) is 0 Å². The van der Waals surface area contributed by atoms with Crippen molar-refractivity contribution in [2.24, 2.45) is 0 Å². The van der Waals surface area contributed by atoms with Gasteiger partial charge in [0.2, 0.25) is 0 Å². The first-order valence-electron chi connectivity index (χ1n) is 6.12. The summed E-state index contributed by atoms with van der Waals surface area (Å²) in [6, 6.07) is 4.34. The van der Waals surface area contributed by atoms with Crippen molar-refractivity contribution in [1.29, 1.82) is 0 Å². The lowest BCUT2D eigenvalue weighted by Crippen LogP contribution is -2.46. The Labute approximate surface area is 102 Å². The molecule has 92 valence electrons. The minimum Gasteiger partial charge on any atom is -0.349 e. The third kappa shape index (κ3) is 3.27. The molecule has 0 radical (unpaired) electrons. The molecule has 1 fully saturated rings. The summed E-state index contributed by atoms with van der Waals surface area (Å²) < 4.78 is 0. The Kier molecular flexibility index (Phi) is 3.74. The molecule has 1 aliphatic heterocycles. The van der Waals surface area contributed by atoms with Gasteiger partial charge in [-0.25, -0.2) is 0 Å². The van der Waals surface area contributed by atoms with Gasteiger partial charge in [0.25, 0.3) is 5.91 Å². The maximum absolute atomic E-state index is 12.0. The number of nitrogens with one attached hydrogen (secondary N) is 2. The van der Waals surface area contributed by atoms with Gasteiger partial charge in [-0.2, -0.15) is 0 Å². The van der Waals surface area contributed by atoms with Crippen molar-refractivity contribution in [3.8, 4) is 0 Å². The maximum atomic E-state index is 12.0. The van der Waals surface area contributed by atoms with Crippen LogP contribution in [0.15, 0.2) is 18.3 Å². The Morgan fingerprint density at radius 1 is 1.59 bits per heavy atom. The van der Waals surface area contributed by atoms with Crippen LogP contribution >= 0.6 is 0 Å². The standard InChI is InChI=1S/C13H19N3O/c1-9-7-11(3-5-14-9)13(17)16-12-4-6-15-10(2)8-12/h3,5,7,10,12,15H,4,6,8H2,1-2H3,(H,16,17). The van der Waals surface area contributed by atoms with Gasteiger partial charge in [-0.3, -0.25) is 9.78 Å². The second-order valence-corrected chi connectivity index (χ2v) is 4.74. The summed E-state index contributed by atoms with van der Waals surface area (Å²) in [7, 11) is 0. The highest BCUT2D eigenvalue weighted by Gasteiger charge is 2.20. The summed E-state index contributed by atoms with van der Waals surface area (Å²) in [5.41, 5.74) is 1.57. The second kappa shape index (κ2) is 5.27. The number of nitrogens with zero attached hydrogens (tertiary/aromatic N) is 1. The highest BCUT2D eigenvalue weighted by Crippen LogP contribution is 2.09. The second-order valence-electron chi connectivity index (χ2n) is 4.74. The molecule has 1 amide bonds. The Hall–Kier alpha value is -1.42. The Balaban J connectivity index is 1.97. The smallest absolute Gasteiger partial charge is 0.251 e. The molecule has 2 atom stereocenters. The quantitative estimate of drug-likeness (QED) is 0.808. The number of amides is 1. The molecule has 0 saturated carbocycles. The number of hydrogen-bond donors (Lipinski definition) is 2. The molecule has 1 aromatic rings. The maximum Gasteiger partial charge on any atom is 0.251 e. The minimum atomic E-state index is 0.00889. The molecule has 1 aromatic heterocycles. The van der Waals surface area contributed by atoms with E-state index in [4.69, 9.17) is 0 Å². The lowest BCUT2D eigenvalue weighted by Gasteiger charge is -2.28. The van der Waals surface area contributed by atoms with Crippen molar-refractivity contribution in [2.75, 3.05) is 6.54 Å². The average molecular weight is 233 g/mol. The van der Waals surface area contributed by atoms with E-state index in [0.717, 1.165) is 25.1 Å². The summed E-state index contributed by atoms with van der Waals surface area (Å²) in [4.78, 5) is 16.1. The summed E-state index contributed by atoms with van der Waals surface area (Å²) in [5, 5.41) is 6.46. The van der Waals surface area contributed by atoms with Crippen molar-refractivity contribution < 1.29 is 4.79 Å². The van der Waals surface area contributed by atoms with Crippen LogP contribution in [0.5, 0.6) is 0 Å². The van der Waals surface area contributed by atoms with Crippen LogP contribution in [-0.2, 0) is 0 Å². The average Bonchev–Trinajstić information content (AvgIpc) is 2.29. The van der Waals surface area contributed by atoms with Gasteiger partial charge in [-0.1, -0.05) is 0 Å². The van der Waals surface area contributed by atoms with Crippen LogP contribution < -0.4 is 10.6 Å². The largest absolute Gasteiger partial charge is 0.349 e. The van der Waals surface area contributed by atoms with Crippen molar-refractivity contribution in [3.63, 3.8) is 0 Å². The van der Waals surface area contributed by atoms with Gasteiger partial charge in [0.05, 0.1) is 0 Å². The molecule has 2 heterocycles. The lowest BCUT2D eigenvalue weighted by molar-refractivity contribution is 0.0925. The topological polar surface area (TPSA) is 54.0 Å². The molecule has 0 aliphatic carbocycles. The summed E-state index contributed by atoms with van der Waals surface area (Å²) in [5.74, 6) is 0.00889. The summed E-state index contributed by atoms with van der Waals surface area (Å²) in [6.07, 6.45) is 3.67. The lowest BCUT2D eigenvalue weighted by atomic mass is 10.0. The summed E-state index contributed by atoms with van der Waals surface area (Å²) in [6.45, 7) is 5.01. The number of aromatic nitrogens is 1. The van der Waals surface area contributed by atoms with E-state index in [1.807, 2.05) is 13.0 Å². The number of carbonyl (C=O) groups is 1. The van der Waals surface area contributed by atoms with E-state index in [-0.39, 0.29) is 11.9 Å². The monoisotopic (exact) mass is 233 g/mol. The van der Waals surface area contributed by atoms with E-state index in [1.165, 1.54) is 0 Å². The molecule has 2 rings (SSSR count). The van der Waals surface area contributed by atoms with Crippen LogP contribution in [0.25, 0.3) is 0 Å². The zero-order valence-electron chi connectivity index (χ0n) is 10.4. The molecule has 4 heteroatoms. The van der Waals surface area contributed by atoms with Crippen molar-refractivity contribution in [3.05, 3.63) is 29.6 Å². The number of carbonyl (C=O) groups excluding carboxylic acids is 1. The van der Waals surface area contributed by atoms with Gasteiger partial charge in [-0.05, 0) is 45.4 Å². The molecular weight excluding hydrogens is 214 g/mol. The van der Waals surface area contributed by atoms with E-state index >= 15 is 0 Å². The van der Waals surface area contributed by atoms with E-state index < -0.39 is 0 Å². The van der Waals surface area contributed by atoms with E-state index in [1.54, 1.807) is 12.3 Å². The van der Waals surface area contributed by atoms with Crippen LogP contribution in [0.2, 0.25) is 0 Å². The van der Waals surface area contributed by atoms with Crippen molar-refractivity contribution >= 4 is 5.91 Å². The van der Waals surface area contributed by atoms with Gasteiger partial charge in [0.15, 0.2) is 0 Å². The van der Waals surface area contributed by atoms with Gasteiger partial charge >= 0.3 is 0 Å². The molecule has 2 N–H and O–H groups in total. The fourth-order valence-electron chi connectivity index (χ4n) is 2.22. The molecule has 17 heavy (non-hydrogen) atoms. The molecule has 0 bridgehead atoms. The predicted octanol–water partition coefficient (Wildman–Crippen LogP) is 1.26. The van der Waals surface area contributed by atoms with Gasteiger partial charge in [0, 0.05) is 29.5 Å². The number of rotatable bonds is 2. The van der Waals surface area contributed by atoms with E-state index in [9.17, 15) is 4.79 Å². The van der Waals surface area contributed by atoms with E-state index in [2.05, 4.69) is 22.5 Å². The Morgan fingerprint density at radius 2 is 2.41 bits per heavy atom. The number of piperidine rings is 1. The molecule has 4 nitrogen and oxygen atoms in total. The Bertz CT molecular complexity index is 405. The van der Waals surface area contributed by atoms with Crippen molar-refractivity contribution in [1.82, 2.24) is 15.6 Å². The normalized spacial score (nSPS) is 24.4. The Morgan fingerprint density at radius 3 is 3.12 bits per heavy atom. The van der Waals surface area contributed by atoms with Crippen molar-refractivity contribution in [2.45, 2.75) is 38.8 Å². The zero-order chi connectivity index (χ0) is 12.3. The minimum absolute atomic E-state index is 0.00889. The first-order chi connectivity index (χ1) is 8.15. The third-order valence-corrected chi connectivity index (χ3v) is 3.12. The fourth-order valence-corrected chi connectivity index (χ4v) is 2.22. The molecular formula is C13H19N3O. The molecule has 1 saturated heterocycles. The number of hydrogen-bond acceptors (Lipinski definition) is 3. The van der Waals surface area contributed by atoms with Gasteiger partial charge < -0.3 is 10.6 Å². The SMILES string of the molecule is Cc1cc(C(=O)NC2CCNC(C)C2)ccn1. The highest BCUT2D eigenvalue weighted by molar-refractivity contribution is 5.94. The first-order valence-corrected chi connectivity index (χ1v) is 6.12. The summed E-state index contributed by atoms with van der Waals surface area (Å²) >= 11 is 0. The molecule has 1 aliphatic rings. The van der Waals surface area contributed by atoms with Crippen LogP contribution in [-0.4, -0.2) is 29.5 Å². The van der Waals surface area contributed by atoms with Crippen LogP contribution in [0, 0.1) is 6.92 Å². The fraction of sp³-hybridized carbons (Fsp3) is 0.538. The van der Waals surface area contributed by atoms with Crippen LogP contribution in [0.3, 0.4) is 0 Å². The van der Waals surface area contributed by atoms with Gasteiger partial charge in [-0.15, -0.1) is 0 Å². The number of aryl methyl sites for hydroxylation is 1. The molecule has 2 unspecified atom stereocenters. The molecule has 0 aromatic carbocycles. The van der Waals surface area contributed by atoms with Crippen LogP contribution in [0.1, 0.15) is 35.8 Å². The third-order valence-electron chi connectivity index (χ3n) is 3.12. The van der Waals surface area contributed by atoms with Gasteiger partial charge in [0.1, 0.15) is 0 Å². The molecule has 0 spiro atoms. The highest BCUT2D eigenvalue weighted by atomic mass is 16.1. The first kappa shape index (κ1) is 12.0. The predicted molar refractivity (Wildman–Crippen MR) is 66.9 cm³/mol. The zero-order valence-corrected chi connectivity index (χ0v) is 10.4. The number of pyridine rings is 1.